The molecule has 2 fully saturated rings. The Morgan fingerprint density at radius 1 is 0.935 bits per heavy atom. The topological polar surface area (TPSA) is 104 Å². The van der Waals surface area contributed by atoms with Crippen molar-refractivity contribution >= 4 is 33.4 Å². The summed E-state index contributed by atoms with van der Waals surface area (Å²) in [5.41, 5.74) is 0.472. The van der Waals surface area contributed by atoms with Crippen LogP contribution < -0.4 is 5.32 Å². The van der Waals surface area contributed by atoms with Crippen molar-refractivity contribution in [2.75, 3.05) is 25.0 Å². The van der Waals surface area contributed by atoms with Gasteiger partial charge in [0.05, 0.1) is 16.7 Å². The first-order valence-electron chi connectivity index (χ1n) is 10.8. The number of hydrogen-bond donors (Lipinski definition) is 1. The van der Waals surface area contributed by atoms with Crippen molar-refractivity contribution in [1.29, 1.82) is 0 Å². The molecule has 9 heteroatoms. The summed E-state index contributed by atoms with van der Waals surface area (Å²) in [6.07, 6.45) is 7.79. The van der Waals surface area contributed by atoms with Crippen molar-refractivity contribution in [3.05, 3.63) is 36.4 Å². The molecule has 2 atom stereocenters. The van der Waals surface area contributed by atoms with Crippen LogP contribution in [0.1, 0.15) is 38.5 Å². The lowest BCUT2D eigenvalue weighted by Gasteiger charge is -2.25. The second-order valence-corrected chi connectivity index (χ2v) is 10.2. The molecule has 1 aromatic carbocycles. The van der Waals surface area contributed by atoms with Crippen molar-refractivity contribution < 1.29 is 22.8 Å². The van der Waals surface area contributed by atoms with Crippen molar-refractivity contribution in [3.63, 3.8) is 0 Å². The number of piperidine rings is 1. The Morgan fingerprint density at radius 3 is 2.10 bits per heavy atom. The Labute approximate surface area is 182 Å². The van der Waals surface area contributed by atoms with E-state index in [9.17, 15) is 22.8 Å². The third kappa shape index (κ3) is 4.43. The summed E-state index contributed by atoms with van der Waals surface area (Å²) in [5.74, 6) is -1.32. The van der Waals surface area contributed by atoms with E-state index in [-0.39, 0.29) is 47.4 Å². The van der Waals surface area contributed by atoms with E-state index in [1.807, 2.05) is 12.2 Å². The van der Waals surface area contributed by atoms with Gasteiger partial charge in [0.25, 0.3) is 0 Å². The second-order valence-electron chi connectivity index (χ2n) is 8.27. The van der Waals surface area contributed by atoms with Gasteiger partial charge in [-0.2, -0.15) is 4.31 Å². The summed E-state index contributed by atoms with van der Waals surface area (Å²) < 4.78 is 26.9. The maximum atomic E-state index is 12.7. The minimum absolute atomic E-state index is 0.00181. The number of nitrogens with one attached hydrogen (secondary N) is 1. The lowest BCUT2D eigenvalue weighted by Crippen LogP contribution is -2.35. The Hall–Kier alpha value is -2.52. The minimum Gasteiger partial charge on any atom is -0.326 e. The molecular formula is C22H27N3O5S. The molecule has 0 aromatic heterocycles. The summed E-state index contributed by atoms with van der Waals surface area (Å²) in [6, 6.07) is 6.10. The highest BCUT2D eigenvalue weighted by Crippen LogP contribution is 2.35. The van der Waals surface area contributed by atoms with Gasteiger partial charge in [0, 0.05) is 31.7 Å². The highest BCUT2D eigenvalue weighted by atomic mass is 32.2. The van der Waals surface area contributed by atoms with Crippen LogP contribution in [0.3, 0.4) is 0 Å². The van der Waals surface area contributed by atoms with Crippen LogP contribution in [0.15, 0.2) is 41.3 Å². The van der Waals surface area contributed by atoms with Gasteiger partial charge in [0.2, 0.25) is 27.7 Å². The van der Waals surface area contributed by atoms with E-state index in [0.29, 0.717) is 31.6 Å². The van der Waals surface area contributed by atoms with Crippen molar-refractivity contribution in [2.45, 2.75) is 43.4 Å². The van der Waals surface area contributed by atoms with Crippen molar-refractivity contribution in [1.82, 2.24) is 9.21 Å². The summed E-state index contributed by atoms with van der Waals surface area (Å²) in [6.45, 7) is 1.12. The fourth-order valence-corrected chi connectivity index (χ4v) is 6.01. The minimum atomic E-state index is -3.52. The van der Waals surface area contributed by atoms with Crippen LogP contribution in [0.4, 0.5) is 5.69 Å². The van der Waals surface area contributed by atoms with Crippen LogP contribution in [-0.4, -0.2) is 55.0 Å². The van der Waals surface area contributed by atoms with Gasteiger partial charge in [0.15, 0.2) is 0 Å². The van der Waals surface area contributed by atoms with Crippen LogP contribution in [0.25, 0.3) is 0 Å². The van der Waals surface area contributed by atoms with Gasteiger partial charge in [-0.3, -0.25) is 19.3 Å². The van der Waals surface area contributed by atoms with E-state index in [1.165, 1.54) is 21.3 Å². The lowest BCUT2D eigenvalue weighted by atomic mass is 9.85. The van der Waals surface area contributed by atoms with Crippen LogP contribution in [0.2, 0.25) is 0 Å². The van der Waals surface area contributed by atoms with Gasteiger partial charge < -0.3 is 5.32 Å². The number of allylic oxidation sites excluding steroid dienone is 2. The Bertz CT molecular complexity index is 970. The third-order valence-electron chi connectivity index (χ3n) is 6.25. The SMILES string of the molecule is O=C(CCN1C(=O)[C@H]2CC=CC[C@@H]2C1=O)Nc1ccc(S(=O)(=O)N2CCCCC2)cc1. The molecule has 0 bridgehead atoms. The fourth-order valence-electron chi connectivity index (χ4n) is 4.49. The van der Waals surface area contributed by atoms with Gasteiger partial charge in [-0.25, -0.2) is 8.42 Å². The number of carbonyl (C=O) groups excluding carboxylic acids is 3. The Balaban J connectivity index is 1.32. The molecule has 4 rings (SSSR count). The highest BCUT2D eigenvalue weighted by molar-refractivity contribution is 7.89. The molecule has 2 heterocycles. The number of rotatable bonds is 6. The van der Waals surface area contributed by atoms with E-state index in [0.717, 1.165) is 19.3 Å². The Morgan fingerprint density at radius 2 is 1.52 bits per heavy atom. The predicted octanol–water partition coefficient (Wildman–Crippen LogP) is 2.14. The molecule has 0 radical (unpaired) electrons. The number of hydrogen-bond acceptors (Lipinski definition) is 5. The number of nitrogens with zero attached hydrogens (tertiary/aromatic N) is 2. The molecule has 1 aromatic rings. The number of benzene rings is 1. The molecule has 3 aliphatic rings. The molecular weight excluding hydrogens is 418 g/mol. The zero-order valence-corrected chi connectivity index (χ0v) is 18.1. The molecule has 3 amide bonds. The molecule has 0 saturated carbocycles. The fraction of sp³-hybridized carbons (Fsp3) is 0.500. The molecule has 166 valence electrons. The lowest BCUT2D eigenvalue weighted by molar-refractivity contribution is -0.140. The quantitative estimate of drug-likeness (QED) is 0.534. The number of fused-ring (bicyclic) bond motifs is 1. The summed E-state index contributed by atoms with van der Waals surface area (Å²) in [5, 5.41) is 2.71. The van der Waals surface area contributed by atoms with Crippen LogP contribution in [0, 0.1) is 11.8 Å². The van der Waals surface area contributed by atoms with Gasteiger partial charge >= 0.3 is 0 Å². The molecule has 1 aliphatic carbocycles. The van der Waals surface area contributed by atoms with Gasteiger partial charge in [-0.1, -0.05) is 18.6 Å². The van der Waals surface area contributed by atoms with E-state index >= 15 is 0 Å². The van der Waals surface area contributed by atoms with Gasteiger partial charge in [0.1, 0.15) is 0 Å². The summed E-state index contributed by atoms with van der Waals surface area (Å²) in [4.78, 5) is 38.7. The first kappa shape index (κ1) is 21.7. The van der Waals surface area contributed by atoms with Crippen LogP contribution >= 0.6 is 0 Å². The highest BCUT2D eigenvalue weighted by Gasteiger charge is 2.46. The zero-order valence-electron chi connectivity index (χ0n) is 17.3. The zero-order chi connectivity index (χ0) is 22.0. The van der Waals surface area contributed by atoms with E-state index in [4.69, 9.17) is 0 Å². The molecule has 2 saturated heterocycles. The molecule has 31 heavy (non-hydrogen) atoms. The van der Waals surface area contributed by atoms with E-state index in [2.05, 4.69) is 5.32 Å². The standard InChI is InChI=1S/C22H27N3O5S/c26-20(12-15-25-21(27)18-6-2-3-7-19(18)22(25)28)23-16-8-10-17(11-9-16)31(29,30)24-13-4-1-5-14-24/h2-3,8-11,18-19H,1,4-7,12-15H2,(H,23,26)/t18-,19-/m0/s1. The molecule has 1 N–H and O–H groups in total. The number of likely N-dealkylation sites (tertiary alicyclic amines) is 1. The first-order valence-corrected chi connectivity index (χ1v) is 12.2. The van der Waals surface area contributed by atoms with Gasteiger partial charge in [-0.05, 0) is 49.9 Å². The molecule has 0 spiro atoms. The average molecular weight is 446 g/mol. The first-order chi connectivity index (χ1) is 14.9. The largest absolute Gasteiger partial charge is 0.326 e. The van der Waals surface area contributed by atoms with Gasteiger partial charge in [-0.15, -0.1) is 0 Å². The normalized spacial score (nSPS) is 24.3. The van der Waals surface area contributed by atoms with Crippen molar-refractivity contribution in [2.24, 2.45) is 11.8 Å². The number of anilines is 1. The Kier molecular flexibility index (Phi) is 6.24. The number of carbonyl (C=O) groups is 3. The maximum absolute atomic E-state index is 12.7. The molecule has 0 unspecified atom stereocenters. The predicted molar refractivity (Wildman–Crippen MR) is 114 cm³/mol. The average Bonchev–Trinajstić information content (AvgIpc) is 3.03. The monoisotopic (exact) mass is 445 g/mol. The van der Waals surface area contributed by atoms with E-state index in [1.54, 1.807) is 12.1 Å². The van der Waals surface area contributed by atoms with E-state index < -0.39 is 10.0 Å². The molecule has 2 aliphatic heterocycles. The van der Waals surface area contributed by atoms with Crippen molar-refractivity contribution in [3.8, 4) is 0 Å². The maximum Gasteiger partial charge on any atom is 0.243 e. The number of sulfonamides is 1. The summed E-state index contributed by atoms with van der Waals surface area (Å²) >= 11 is 0. The molecule has 8 nitrogen and oxygen atoms in total. The van der Waals surface area contributed by atoms with Crippen LogP contribution in [0.5, 0.6) is 0 Å². The third-order valence-corrected chi connectivity index (χ3v) is 8.17. The van der Waals surface area contributed by atoms with Crippen LogP contribution in [-0.2, 0) is 24.4 Å². The number of amides is 3. The number of imide groups is 1. The second kappa shape index (κ2) is 8.92. The summed E-state index contributed by atoms with van der Waals surface area (Å²) in [7, 11) is -3.52. The smallest absolute Gasteiger partial charge is 0.243 e.